The number of carbonyl (C=O) groups excluding carboxylic acids is 1. The third-order valence-corrected chi connectivity index (χ3v) is 6.21. The van der Waals surface area contributed by atoms with E-state index in [1.165, 1.54) is 4.31 Å². The van der Waals surface area contributed by atoms with Crippen molar-refractivity contribution < 1.29 is 17.9 Å². The van der Waals surface area contributed by atoms with Crippen LogP contribution in [-0.2, 0) is 19.6 Å². The van der Waals surface area contributed by atoms with Crippen molar-refractivity contribution >= 4 is 15.9 Å². The lowest BCUT2D eigenvalue weighted by molar-refractivity contribution is -0.126. The zero-order valence-corrected chi connectivity index (χ0v) is 13.4. The number of likely N-dealkylation sites (N-methyl/N-ethyl adjacent to an activating group) is 1. The van der Waals surface area contributed by atoms with Crippen LogP contribution < -0.4 is 0 Å². The Kier molecular flexibility index (Phi) is 4.20. The standard InChI is InChI=1S/C15H20N2O4S/c1-16-11-13(10-15(16)18)12-2-4-14(5-3-12)22(19,20)17-6-8-21-9-7-17/h2-5,13H,6-11H2,1H3. The van der Waals surface area contributed by atoms with Crippen LogP contribution in [0.1, 0.15) is 17.9 Å². The zero-order chi connectivity index (χ0) is 15.7. The fraction of sp³-hybridized carbons (Fsp3) is 0.533. The molecule has 0 radical (unpaired) electrons. The van der Waals surface area contributed by atoms with E-state index in [2.05, 4.69) is 0 Å². The van der Waals surface area contributed by atoms with Gasteiger partial charge in [-0.25, -0.2) is 8.42 Å². The minimum atomic E-state index is -3.45. The molecule has 6 nitrogen and oxygen atoms in total. The average molecular weight is 324 g/mol. The molecule has 3 rings (SSSR count). The summed E-state index contributed by atoms with van der Waals surface area (Å²) in [4.78, 5) is 13.6. The molecule has 1 atom stereocenters. The van der Waals surface area contributed by atoms with Crippen LogP contribution in [0.3, 0.4) is 0 Å². The lowest BCUT2D eigenvalue weighted by Gasteiger charge is -2.26. The van der Waals surface area contributed by atoms with Crippen molar-refractivity contribution in [2.24, 2.45) is 0 Å². The van der Waals surface area contributed by atoms with E-state index < -0.39 is 10.0 Å². The van der Waals surface area contributed by atoms with Gasteiger partial charge < -0.3 is 9.64 Å². The number of hydrogen-bond donors (Lipinski definition) is 0. The topological polar surface area (TPSA) is 66.9 Å². The van der Waals surface area contributed by atoms with Crippen LogP contribution in [0.15, 0.2) is 29.2 Å². The van der Waals surface area contributed by atoms with Gasteiger partial charge >= 0.3 is 0 Å². The van der Waals surface area contributed by atoms with Crippen molar-refractivity contribution in [3.63, 3.8) is 0 Å². The first kappa shape index (κ1) is 15.5. The highest BCUT2D eigenvalue weighted by Gasteiger charge is 2.29. The Morgan fingerprint density at radius 1 is 1.14 bits per heavy atom. The van der Waals surface area contributed by atoms with Crippen molar-refractivity contribution in [1.82, 2.24) is 9.21 Å². The number of hydrogen-bond acceptors (Lipinski definition) is 4. The summed E-state index contributed by atoms with van der Waals surface area (Å²) in [7, 11) is -1.66. The summed E-state index contributed by atoms with van der Waals surface area (Å²) in [6, 6.07) is 6.93. The number of nitrogens with zero attached hydrogens (tertiary/aromatic N) is 2. The molecular weight excluding hydrogens is 304 g/mol. The molecule has 0 aliphatic carbocycles. The molecule has 2 fully saturated rings. The molecule has 1 aromatic carbocycles. The van der Waals surface area contributed by atoms with E-state index in [-0.39, 0.29) is 11.8 Å². The highest BCUT2D eigenvalue weighted by Crippen LogP contribution is 2.28. The molecule has 7 heteroatoms. The number of carbonyl (C=O) groups is 1. The lowest BCUT2D eigenvalue weighted by atomic mass is 9.98. The van der Waals surface area contributed by atoms with Crippen LogP contribution in [-0.4, -0.2) is 63.4 Å². The summed E-state index contributed by atoms with van der Waals surface area (Å²) < 4.78 is 31.7. The summed E-state index contributed by atoms with van der Waals surface area (Å²) in [5, 5.41) is 0. The van der Waals surface area contributed by atoms with Gasteiger partial charge in [0.25, 0.3) is 0 Å². The molecule has 1 unspecified atom stereocenters. The van der Waals surface area contributed by atoms with Gasteiger partial charge in [0.1, 0.15) is 0 Å². The second-order valence-electron chi connectivity index (χ2n) is 5.76. The fourth-order valence-electron chi connectivity index (χ4n) is 2.93. The molecule has 2 aliphatic rings. The first-order chi connectivity index (χ1) is 10.5. The number of ether oxygens (including phenoxy) is 1. The van der Waals surface area contributed by atoms with E-state index in [1.807, 2.05) is 12.1 Å². The van der Waals surface area contributed by atoms with Gasteiger partial charge in [0.15, 0.2) is 0 Å². The number of benzene rings is 1. The summed E-state index contributed by atoms with van der Waals surface area (Å²) >= 11 is 0. The first-order valence-electron chi connectivity index (χ1n) is 7.40. The average Bonchev–Trinajstić information content (AvgIpc) is 2.88. The van der Waals surface area contributed by atoms with Crippen LogP contribution in [0.2, 0.25) is 0 Å². The van der Waals surface area contributed by atoms with Crippen LogP contribution >= 0.6 is 0 Å². The largest absolute Gasteiger partial charge is 0.379 e. The van der Waals surface area contributed by atoms with Gasteiger partial charge in [-0.15, -0.1) is 0 Å². The minimum Gasteiger partial charge on any atom is -0.379 e. The Morgan fingerprint density at radius 2 is 1.77 bits per heavy atom. The Bertz CT molecular complexity index is 651. The van der Waals surface area contributed by atoms with E-state index in [1.54, 1.807) is 24.1 Å². The number of likely N-dealkylation sites (tertiary alicyclic amines) is 1. The molecule has 0 saturated carbocycles. The molecular formula is C15H20N2O4S. The zero-order valence-electron chi connectivity index (χ0n) is 12.6. The van der Waals surface area contributed by atoms with Crippen LogP contribution in [0, 0.1) is 0 Å². The monoisotopic (exact) mass is 324 g/mol. The van der Waals surface area contributed by atoms with Crippen molar-refractivity contribution in [2.75, 3.05) is 39.9 Å². The maximum atomic E-state index is 12.5. The number of rotatable bonds is 3. The molecule has 0 spiro atoms. The van der Waals surface area contributed by atoms with Gasteiger partial charge in [0, 0.05) is 39.0 Å². The second-order valence-corrected chi connectivity index (χ2v) is 7.70. The van der Waals surface area contributed by atoms with Crippen LogP contribution in [0.25, 0.3) is 0 Å². The number of sulfonamides is 1. The SMILES string of the molecule is CN1CC(c2ccc(S(=O)(=O)N3CCOCC3)cc2)CC1=O. The number of amides is 1. The van der Waals surface area contributed by atoms with Gasteiger partial charge in [0.05, 0.1) is 18.1 Å². The molecule has 1 amide bonds. The van der Waals surface area contributed by atoms with E-state index >= 15 is 0 Å². The van der Waals surface area contributed by atoms with Gasteiger partial charge in [-0.2, -0.15) is 4.31 Å². The molecule has 2 saturated heterocycles. The summed E-state index contributed by atoms with van der Waals surface area (Å²) in [6.45, 7) is 2.36. The maximum absolute atomic E-state index is 12.5. The predicted molar refractivity (Wildman–Crippen MR) is 81.0 cm³/mol. The van der Waals surface area contributed by atoms with E-state index in [9.17, 15) is 13.2 Å². The van der Waals surface area contributed by atoms with E-state index in [0.717, 1.165) is 5.56 Å². The van der Waals surface area contributed by atoms with Crippen LogP contribution in [0.5, 0.6) is 0 Å². The third kappa shape index (κ3) is 2.88. The normalized spacial score (nSPS) is 24.0. The molecule has 2 heterocycles. The van der Waals surface area contributed by atoms with Gasteiger partial charge in [0.2, 0.25) is 15.9 Å². The molecule has 1 aromatic rings. The van der Waals surface area contributed by atoms with E-state index in [0.29, 0.717) is 44.2 Å². The van der Waals surface area contributed by atoms with Crippen molar-refractivity contribution in [1.29, 1.82) is 0 Å². The maximum Gasteiger partial charge on any atom is 0.243 e. The highest BCUT2D eigenvalue weighted by molar-refractivity contribution is 7.89. The van der Waals surface area contributed by atoms with Crippen molar-refractivity contribution in [3.8, 4) is 0 Å². The Balaban J connectivity index is 1.78. The molecule has 0 bridgehead atoms. The molecule has 0 N–H and O–H groups in total. The molecule has 22 heavy (non-hydrogen) atoms. The highest BCUT2D eigenvalue weighted by atomic mass is 32.2. The quantitative estimate of drug-likeness (QED) is 0.819. The molecule has 2 aliphatic heterocycles. The Labute approximate surface area is 130 Å². The number of morpholine rings is 1. The Hall–Kier alpha value is -1.44. The van der Waals surface area contributed by atoms with Gasteiger partial charge in [-0.05, 0) is 17.7 Å². The summed E-state index contributed by atoms with van der Waals surface area (Å²) in [6.07, 6.45) is 0.492. The lowest BCUT2D eigenvalue weighted by Crippen LogP contribution is -2.40. The van der Waals surface area contributed by atoms with Gasteiger partial charge in [-0.3, -0.25) is 4.79 Å². The second kappa shape index (κ2) is 5.98. The third-order valence-electron chi connectivity index (χ3n) is 4.30. The van der Waals surface area contributed by atoms with Crippen molar-refractivity contribution in [2.45, 2.75) is 17.2 Å². The Morgan fingerprint density at radius 3 is 2.32 bits per heavy atom. The molecule has 0 aromatic heterocycles. The predicted octanol–water partition coefficient (Wildman–Crippen LogP) is 0.653. The smallest absolute Gasteiger partial charge is 0.243 e. The van der Waals surface area contributed by atoms with Gasteiger partial charge in [-0.1, -0.05) is 12.1 Å². The first-order valence-corrected chi connectivity index (χ1v) is 8.84. The molecule has 120 valence electrons. The summed E-state index contributed by atoms with van der Waals surface area (Å²) in [5.41, 5.74) is 1.01. The van der Waals surface area contributed by atoms with Crippen LogP contribution in [0.4, 0.5) is 0 Å². The minimum absolute atomic E-state index is 0.134. The van der Waals surface area contributed by atoms with Crippen molar-refractivity contribution in [3.05, 3.63) is 29.8 Å². The fourth-order valence-corrected chi connectivity index (χ4v) is 4.34. The van der Waals surface area contributed by atoms with E-state index in [4.69, 9.17) is 4.74 Å². The summed E-state index contributed by atoms with van der Waals surface area (Å²) in [5.74, 6) is 0.285.